The number of nitrogens with zero attached hydrogens (tertiary/aromatic N) is 1. The lowest BCUT2D eigenvalue weighted by Gasteiger charge is -1.99. The summed E-state index contributed by atoms with van der Waals surface area (Å²) in [4.78, 5) is 0. The molecule has 4 heteroatoms. The smallest absolute Gasteiger partial charge is 0.123 e. The van der Waals surface area contributed by atoms with Gasteiger partial charge in [0.2, 0.25) is 0 Å². The van der Waals surface area contributed by atoms with Crippen LogP contribution in [0, 0.1) is 5.82 Å². The number of aliphatic hydroxyl groups excluding tert-OH is 1. The zero-order valence-corrected chi connectivity index (χ0v) is 7.37. The van der Waals surface area contributed by atoms with Gasteiger partial charge in [0.15, 0.2) is 0 Å². The summed E-state index contributed by atoms with van der Waals surface area (Å²) in [5.41, 5.74) is 2.20. The number of H-pyrrole nitrogens is 1. The maximum absolute atomic E-state index is 12.6. The van der Waals surface area contributed by atoms with E-state index in [0.29, 0.717) is 5.69 Å². The predicted molar refractivity (Wildman–Crippen MR) is 49.9 cm³/mol. The van der Waals surface area contributed by atoms with E-state index in [0.717, 1.165) is 11.1 Å². The molecule has 0 saturated carbocycles. The number of hydrogen-bond acceptors (Lipinski definition) is 2. The molecule has 0 amide bonds. The van der Waals surface area contributed by atoms with Crippen LogP contribution in [-0.2, 0) is 6.61 Å². The second kappa shape index (κ2) is 3.59. The van der Waals surface area contributed by atoms with Gasteiger partial charge in [-0.3, -0.25) is 5.10 Å². The minimum Gasteiger partial charge on any atom is -0.390 e. The van der Waals surface area contributed by atoms with Gasteiger partial charge in [-0.15, -0.1) is 0 Å². The van der Waals surface area contributed by atoms with Gasteiger partial charge in [0.05, 0.1) is 12.3 Å². The molecule has 0 bridgehead atoms. The Kier molecular flexibility index (Phi) is 2.28. The van der Waals surface area contributed by atoms with E-state index < -0.39 is 0 Å². The highest BCUT2D eigenvalue weighted by Crippen LogP contribution is 2.21. The summed E-state index contributed by atoms with van der Waals surface area (Å²) in [5.74, 6) is -0.275. The number of aromatic nitrogens is 2. The lowest BCUT2D eigenvalue weighted by molar-refractivity contribution is 0.277. The van der Waals surface area contributed by atoms with Crippen molar-refractivity contribution in [1.82, 2.24) is 10.2 Å². The van der Waals surface area contributed by atoms with Crippen LogP contribution >= 0.6 is 0 Å². The van der Waals surface area contributed by atoms with E-state index in [1.54, 1.807) is 18.3 Å². The molecule has 1 aromatic heterocycles. The minimum absolute atomic E-state index is 0.129. The first-order chi connectivity index (χ1) is 6.81. The number of halogens is 1. The molecule has 1 heterocycles. The van der Waals surface area contributed by atoms with Crippen molar-refractivity contribution < 1.29 is 9.50 Å². The fourth-order valence-electron chi connectivity index (χ4n) is 1.32. The van der Waals surface area contributed by atoms with Gasteiger partial charge in [-0.25, -0.2) is 4.39 Å². The molecule has 0 aliphatic rings. The number of aliphatic hydroxyl groups is 1. The Morgan fingerprint density at radius 3 is 2.64 bits per heavy atom. The number of rotatable bonds is 2. The molecule has 14 heavy (non-hydrogen) atoms. The number of hydrogen-bond donors (Lipinski definition) is 2. The van der Waals surface area contributed by atoms with Gasteiger partial charge in [0.1, 0.15) is 5.82 Å². The van der Waals surface area contributed by atoms with Gasteiger partial charge < -0.3 is 5.11 Å². The third-order valence-electron chi connectivity index (χ3n) is 2.02. The highest BCUT2D eigenvalue weighted by atomic mass is 19.1. The second-order valence-corrected chi connectivity index (χ2v) is 2.91. The minimum atomic E-state index is -0.275. The summed E-state index contributed by atoms with van der Waals surface area (Å²) >= 11 is 0. The fraction of sp³-hybridized carbons (Fsp3) is 0.100. The highest BCUT2D eigenvalue weighted by Gasteiger charge is 2.06. The monoisotopic (exact) mass is 192 g/mol. The van der Waals surface area contributed by atoms with Crippen LogP contribution in [0.1, 0.15) is 5.69 Å². The standard InChI is InChI=1S/C10H9FN2O/c11-8-3-1-7(2-4-8)9-5-12-13-10(9)6-14/h1-5,14H,6H2,(H,12,13). The van der Waals surface area contributed by atoms with E-state index in [9.17, 15) is 4.39 Å². The van der Waals surface area contributed by atoms with Crippen LogP contribution in [0.4, 0.5) is 4.39 Å². The van der Waals surface area contributed by atoms with Crippen LogP contribution in [0.5, 0.6) is 0 Å². The molecule has 0 atom stereocenters. The molecular weight excluding hydrogens is 183 g/mol. The average Bonchev–Trinajstić information content (AvgIpc) is 2.67. The zero-order valence-electron chi connectivity index (χ0n) is 7.37. The van der Waals surface area contributed by atoms with Crippen molar-refractivity contribution in [3.63, 3.8) is 0 Å². The van der Waals surface area contributed by atoms with Crippen molar-refractivity contribution >= 4 is 0 Å². The molecule has 2 N–H and O–H groups in total. The summed E-state index contributed by atoms with van der Waals surface area (Å²) in [6, 6.07) is 6.06. The van der Waals surface area contributed by atoms with Crippen LogP contribution < -0.4 is 0 Å². The van der Waals surface area contributed by atoms with Crippen molar-refractivity contribution in [2.45, 2.75) is 6.61 Å². The van der Waals surface area contributed by atoms with Crippen LogP contribution in [0.2, 0.25) is 0 Å². The van der Waals surface area contributed by atoms with Gasteiger partial charge >= 0.3 is 0 Å². The van der Waals surface area contributed by atoms with Gasteiger partial charge in [-0.1, -0.05) is 12.1 Å². The van der Waals surface area contributed by atoms with Crippen LogP contribution in [0.3, 0.4) is 0 Å². The maximum atomic E-state index is 12.6. The highest BCUT2D eigenvalue weighted by molar-refractivity contribution is 5.64. The largest absolute Gasteiger partial charge is 0.390 e. The maximum Gasteiger partial charge on any atom is 0.123 e. The Balaban J connectivity index is 2.44. The van der Waals surface area contributed by atoms with Crippen molar-refractivity contribution in [2.24, 2.45) is 0 Å². The van der Waals surface area contributed by atoms with E-state index in [1.165, 1.54) is 12.1 Å². The van der Waals surface area contributed by atoms with E-state index in [4.69, 9.17) is 5.11 Å². The first kappa shape index (κ1) is 8.90. The van der Waals surface area contributed by atoms with Crippen molar-refractivity contribution in [2.75, 3.05) is 0 Å². The summed E-state index contributed by atoms with van der Waals surface area (Å²) < 4.78 is 12.6. The number of benzene rings is 1. The molecule has 72 valence electrons. The van der Waals surface area contributed by atoms with E-state index in [2.05, 4.69) is 10.2 Å². The van der Waals surface area contributed by atoms with Crippen molar-refractivity contribution in [3.05, 3.63) is 42.0 Å². The molecule has 0 radical (unpaired) electrons. The lowest BCUT2D eigenvalue weighted by Crippen LogP contribution is -1.87. The third kappa shape index (κ3) is 1.52. The van der Waals surface area contributed by atoms with Crippen LogP contribution in [-0.4, -0.2) is 15.3 Å². The normalized spacial score (nSPS) is 10.4. The molecule has 1 aromatic carbocycles. The molecule has 0 aliphatic carbocycles. The van der Waals surface area contributed by atoms with Crippen LogP contribution in [0.15, 0.2) is 30.5 Å². The van der Waals surface area contributed by atoms with Gasteiger partial charge in [-0.05, 0) is 17.7 Å². The predicted octanol–water partition coefficient (Wildman–Crippen LogP) is 1.71. The summed E-state index contributed by atoms with van der Waals surface area (Å²) in [7, 11) is 0. The Hall–Kier alpha value is -1.68. The van der Waals surface area contributed by atoms with E-state index in [-0.39, 0.29) is 12.4 Å². The third-order valence-corrected chi connectivity index (χ3v) is 2.02. The quantitative estimate of drug-likeness (QED) is 0.760. The van der Waals surface area contributed by atoms with Gasteiger partial charge in [-0.2, -0.15) is 5.10 Å². The fourth-order valence-corrected chi connectivity index (χ4v) is 1.32. The molecule has 0 unspecified atom stereocenters. The van der Waals surface area contributed by atoms with Crippen LogP contribution in [0.25, 0.3) is 11.1 Å². The van der Waals surface area contributed by atoms with Crippen molar-refractivity contribution in [1.29, 1.82) is 0 Å². The lowest BCUT2D eigenvalue weighted by atomic mass is 10.1. The summed E-state index contributed by atoms with van der Waals surface area (Å²) in [6.45, 7) is -0.129. The molecule has 2 rings (SSSR count). The molecular formula is C10H9FN2O. The molecule has 2 aromatic rings. The Morgan fingerprint density at radius 1 is 1.29 bits per heavy atom. The van der Waals surface area contributed by atoms with Crippen molar-refractivity contribution in [3.8, 4) is 11.1 Å². The van der Waals surface area contributed by atoms with Gasteiger partial charge in [0.25, 0.3) is 0 Å². The van der Waals surface area contributed by atoms with Gasteiger partial charge in [0, 0.05) is 11.8 Å². The molecule has 0 aliphatic heterocycles. The topological polar surface area (TPSA) is 48.9 Å². The molecule has 3 nitrogen and oxygen atoms in total. The molecule has 0 spiro atoms. The van der Waals surface area contributed by atoms with E-state index in [1.807, 2.05) is 0 Å². The SMILES string of the molecule is OCc1n[nH]cc1-c1ccc(F)cc1. The summed E-state index contributed by atoms with van der Waals surface area (Å²) in [5, 5.41) is 15.5. The molecule has 0 saturated heterocycles. The van der Waals surface area contributed by atoms with E-state index >= 15 is 0 Å². The Labute approximate surface area is 80.2 Å². The second-order valence-electron chi connectivity index (χ2n) is 2.91. The Bertz CT molecular complexity index is 422. The number of aromatic amines is 1. The number of nitrogens with one attached hydrogen (secondary N) is 1. The first-order valence-electron chi connectivity index (χ1n) is 4.20. The average molecular weight is 192 g/mol. The first-order valence-corrected chi connectivity index (χ1v) is 4.20. The molecule has 0 fully saturated rings. The zero-order chi connectivity index (χ0) is 9.97. The summed E-state index contributed by atoms with van der Waals surface area (Å²) in [6.07, 6.45) is 1.68. The Morgan fingerprint density at radius 2 is 2.00 bits per heavy atom.